The van der Waals surface area contributed by atoms with E-state index < -0.39 is 0 Å². The molecule has 5 nitrogen and oxygen atoms in total. The van der Waals surface area contributed by atoms with E-state index in [1.54, 1.807) is 12.4 Å². The third-order valence-corrected chi connectivity index (χ3v) is 4.89. The van der Waals surface area contributed by atoms with Crippen LogP contribution in [0.3, 0.4) is 0 Å². The summed E-state index contributed by atoms with van der Waals surface area (Å²) in [4.78, 5) is 17.6. The number of aromatic hydroxyl groups is 1. The lowest BCUT2D eigenvalue weighted by atomic mass is 9.95. The Morgan fingerprint density at radius 3 is 2.77 bits per heavy atom. The van der Waals surface area contributed by atoms with Gasteiger partial charge in [0.1, 0.15) is 11.8 Å². The van der Waals surface area contributed by atoms with Crippen LogP contribution in [-0.4, -0.2) is 20.4 Å². The number of aryl methyl sites for hydroxylation is 1. The van der Waals surface area contributed by atoms with Gasteiger partial charge >= 0.3 is 0 Å². The molecule has 4 rings (SSSR count). The van der Waals surface area contributed by atoms with Crippen molar-refractivity contribution >= 4 is 16.7 Å². The molecule has 0 unspecified atom stereocenters. The van der Waals surface area contributed by atoms with Gasteiger partial charge in [0.15, 0.2) is 5.78 Å². The summed E-state index contributed by atoms with van der Waals surface area (Å²) in [5, 5.41) is 20.1. The molecule has 0 radical (unpaired) electrons. The summed E-state index contributed by atoms with van der Waals surface area (Å²) in [6.45, 7) is 0. The predicted molar refractivity (Wildman–Crippen MR) is 96.9 cm³/mol. The fourth-order valence-corrected chi connectivity index (χ4v) is 3.48. The van der Waals surface area contributed by atoms with Crippen LogP contribution < -0.4 is 0 Å². The fourth-order valence-electron chi connectivity index (χ4n) is 3.48. The van der Waals surface area contributed by atoms with Crippen molar-refractivity contribution in [3.05, 3.63) is 58.5 Å². The molecule has 1 N–H and O–H groups in total. The second-order valence-electron chi connectivity index (χ2n) is 6.49. The highest BCUT2D eigenvalue weighted by Crippen LogP contribution is 2.45. The lowest BCUT2D eigenvalue weighted by Gasteiger charge is -2.08. The Balaban J connectivity index is 1.98. The van der Waals surface area contributed by atoms with Crippen molar-refractivity contribution in [2.24, 2.45) is 7.05 Å². The summed E-state index contributed by atoms with van der Waals surface area (Å²) in [5.41, 5.74) is 2.96. The van der Waals surface area contributed by atoms with Crippen LogP contribution in [0.25, 0.3) is 10.9 Å². The number of rotatable bonds is 3. The molecule has 5 heteroatoms. The molecule has 2 heterocycles. The molecule has 1 fully saturated rings. The van der Waals surface area contributed by atoms with E-state index in [1.807, 2.05) is 23.8 Å². The van der Waals surface area contributed by atoms with Crippen LogP contribution in [0.2, 0.25) is 0 Å². The first-order chi connectivity index (χ1) is 12.6. The van der Waals surface area contributed by atoms with Crippen molar-refractivity contribution in [1.29, 1.82) is 5.26 Å². The van der Waals surface area contributed by atoms with Crippen molar-refractivity contribution in [3.63, 3.8) is 0 Å². The number of fused-ring (bicyclic) bond motifs is 1. The standard InChI is InChI=1S/C21H15N3O2/c1-3-12-8-14(9-15(10-22)20(12)25)21(26)18-16-6-7-23-11-17(16)24(2)19(18)13-4-5-13/h1,6-9,11,13,25H,4-5H2,2H3. The van der Waals surface area contributed by atoms with E-state index in [-0.39, 0.29) is 22.7 Å². The number of carbonyl (C=O) groups is 1. The molecule has 1 aliphatic rings. The van der Waals surface area contributed by atoms with E-state index in [0.717, 1.165) is 29.4 Å². The van der Waals surface area contributed by atoms with E-state index in [9.17, 15) is 15.2 Å². The van der Waals surface area contributed by atoms with Crippen molar-refractivity contribution in [3.8, 4) is 24.2 Å². The molecule has 26 heavy (non-hydrogen) atoms. The number of hydrogen-bond donors (Lipinski definition) is 1. The van der Waals surface area contributed by atoms with Crippen LogP contribution in [0, 0.1) is 23.7 Å². The molecule has 0 spiro atoms. The van der Waals surface area contributed by atoms with E-state index in [1.165, 1.54) is 12.1 Å². The first-order valence-corrected chi connectivity index (χ1v) is 8.27. The summed E-state index contributed by atoms with van der Waals surface area (Å²) < 4.78 is 2.03. The predicted octanol–water partition coefficient (Wildman–Crippen LogP) is 3.24. The van der Waals surface area contributed by atoms with Gasteiger partial charge in [-0.1, -0.05) is 5.92 Å². The summed E-state index contributed by atoms with van der Waals surface area (Å²) in [7, 11) is 1.94. The zero-order valence-corrected chi connectivity index (χ0v) is 14.2. The monoisotopic (exact) mass is 341 g/mol. The number of hydrogen-bond acceptors (Lipinski definition) is 4. The molecular formula is C21H15N3O2. The third kappa shape index (κ3) is 2.26. The molecule has 0 saturated heterocycles. The van der Waals surface area contributed by atoms with Gasteiger partial charge in [0.2, 0.25) is 0 Å². The Morgan fingerprint density at radius 2 is 2.12 bits per heavy atom. The van der Waals surface area contributed by atoms with E-state index in [4.69, 9.17) is 6.42 Å². The SMILES string of the molecule is C#Cc1cc(C(=O)c2c(C3CC3)n(C)c3cnccc23)cc(C#N)c1O. The highest BCUT2D eigenvalue weighted by Gasteiger charge is 2.33. The average Bonchev–Trinajstić information content (AvgIpc) is 3.46. The van der Waals surface area contributed by atoms with Gasteiger partial charge < -0.3 is 9.67 Å². The summed E-state index contributed by atoms with van der Waals surface area (Å²) >= 11 is 0. The van der Waals surface area contributed by atoms with Crippen molar-refractivity contribution in [2.45, 2.75) is 18.8 Å². The van der Waals surface area contributed by atoms with Gasteiger partial charge in [-0.05, 0) is 31.0 Å². The molecule has 1 aliphatic carbocycles. The van der Waals surface area contributed by atoms with Gasteiger partial charge in [-0.3, -0.25) is 9.78 Å². The maximum atomic E-state index is 13.4. The van der Waals surface area contributed by atoms with E-state index in [2.05, 4.69) is 10.9 Å². The van der Waals surface area contributed by atoms with E-state index >= 15 is 0 Å². The number of benzene rings is 1. The smallest absolute Gasteiger partial charge is 0.195 e. The average molecular weight is 341 g/mol. The Kier molecular flexibility index (Phi) is 3.52. The first kappa shape index (κ1) is 15.9. The van der Waals surface area contributed by atoms with Gasteiger partial charge in [0, 0.05) is 35.8 Å². The molecule has 0 amide bonds. The fraction of sp³-hybridized carbons (Fsp3) is 0.190. The molecular weight excluding hydrogens is 326 g/mol. The lowest BCUT2D eigenvalue weighted by Crippen LogP contribution is -2.07. The van der Waals surface area contributed by atoms with Gasteiger partial charge in [0.25, 0.3) is 0 Å². The largest absolute Gasteiger partial charge is 0.505 e. The number of pyridine rings is 1. The normalized spacial score (nSPS) is 13.3. The highest BCUT2D eigenvalue weighted by atomic mass is 16.3. The van der Waals surface area contributed by atoms with Gasteiger partial charge in [0.05, 0.1) is 28.4 Å². The topological polar surface area (TPSA) is 78.9 Å². The Hall–Kier alpha value is -3.57. The number of phenolic OH excluding ortho intramolecular Hbond substituents is 1. The first-order valence-electron chi connectivity index (χ1n) is 8.27. The van der Waals surface area contributed by atoms with Crippen molar-refractivity contribution in [1.82, 2.24) is 9.55 Å². The molecule has 2 aromatic heterocycles. The minimum Gasteiger partial charge on any atom is -0.505 e. The maximum Gasteiger partial charge on any atom is 0.195 e. The maximum absolute atomic E-state index is 13.4. The molecule has 3 aromatic rings. The van der Waals surface area contributed by atoms with Crippen LogP contribution in [0.1, 0.15) is 51.5 Å². The van der Waals surface area contributed by atoms with Gasteiger partial charge in [-0.25, -0.2) is 0 Å². The van der Waals surface area contributed by atoms with Crippen LogP contribution in [0.5, 0.6) is 5.75 Å². The van der Waals surface area contributed by atoms with Crippen LogP contribution in [-0.2, 0) is 7.05 Å². The van der Waals surface area contributed by atoms with Crippen molar-refractivity contribution < 1.29 is 9.90 Å². The van der Waals surface area contributed by atoms with Crippen LogP contribution in [0.4, 0.5) is 0 Å². The quantitative estimate of drug-likeness (QED) is 0.586. The second-order valence-corrected chi connectivity index (χ2v) is 6.49. The van der Waals surface area contributed by atoms with Crippen LogP contribution in [0.15, 0.2) is 30.6 Å². The zero-order chi connectivity index (χ0) is 18.4. The molecule has 126 valence electrons. The minimum atomic E-state index is -0.268. The highest BCUT2D eigenvalue weighted by molar-refractivity contribution is 6.18. The zero-order valence-electron chi connectivity index (χ0n) is 14.2. The second kappa shape index (κ2) is 5.75. The summed E-state index contributed by atoms with van der Waals surface area (Å²) in [6.07, 6.45) is 10.9. The number of terminal acetylenes is 1. The number of nitrogens with zero attached hydrogens (tertiary/aromatic N) is 3. The van der Waals surface area contributed by atoms with Crippen LogP contribution >= 0.6 is 0 Å². The molecule has 1 aromatic carbocycles. The minimum absolute atomic E-state index is 0.00123. The van der Waals surface area contributed by atoms with Crippen molar-refractivity contribution in [2.75, 3.05) is 0 Å². The number of aromatic nitrogens is 2. The molecule has 1 saturated carbocycles. The number of phenols is 1. The third-order valence-electron chi connectivity index (χ3n) is 4.89. The Labute approximate surface area is 150 Å². The lowest BCUT2D eigenvalue weighted by molar-refractivity contribution is 0.103. The molecule has 0 aliphatic heterocycles. The van der Waals surface area contributed by atoms with Gasteiger partial charge in [-0.2, -0.15) is 5.26 Å². The summed E-state index contributed by atoms with van der Waals surface area (Å²) in [5.74, 6) is 2.23. The summed E-state index contributed by atoms with van der Waals surface area (Å²) in [6, 6.07) is 6.60. The van der Waals surface area contributed by atoms with E-state index in [0.29, 0.717) is 17.0 Å². The number of ketones is 1. The molecule has 0 atom stereocenters. The molecule has 0 bridgehead atoms. The Bertz CT molecular complexity index is 1120. The Morgan fingerprint density at radius 1 is 1.38 bits per heavy atom. The van der Waals surface area contributed by atoms with Gasteiger partial charge in [-0.15, -0.1) is 6.42 Å². The number of carbonyl (C=O) groups excluding carboxylic acids is 1. The number of nitriles is 1.